The number of benzene rings is 1. The first-order valence-electron chi connectivity index (χ1n) is 12.8. The highest BCUT2D eigenvalue weighted by atomic mass is 32.2. The van der Waals surface area contributed by atoms with Gasteiger partial charge in [0, 0.05) is 17.0 Å². The Bertz CT molecular complexity index is 1390. The molecule has 0 spiro atoms. The molecule has 9 nitrogen and oxygen atoms in total. The monoisotopic (exact) mass is 564 g/mol. The van der Waals surface area contributed by atoms with E-state index in [1.54, 1.807) is 37.5 Å². The van der Waals surface area contributed by atoms with Gasteiger partial charge in [0.15, 0.2) is 11.0 Å². The second-order valence-electron chi connectivity index (χ2n) is 9.53. The number of amides is 2. The molecule has 204 valence electrons. The van der Waals surface area contributed by atoms with Crippen LogP contribution in [0, 0.1) is 17.2 Å². The third kappa shape index (κ3) is 6.52. The Morgan fingerprint density at radius 1 is 1.26 bits per heavy atom. The van der Waals surface area contributed by atoms with E-state index in [2.05, 4.69) is 33.5 Å². The fraction of sp³-hybridized carbons (Fsp3) is 0.393. The molecular formula is C28H32N6O3S2. The van der Waals surface area contributed by atoms with Crippen molar-refractivity contribution in [3.05, 3.63) is 64.3 Å². The average Bonchev–Trinajstić information content (AvgIpc) is 3.50. The number of carbonyl (C=O) groups excluding carboxylic acids is 2. The van der Waals surface area contributed by atoms with Crippen molar-refractivity contribution >= 4 is 39.9 Å². The van der Waals surface area contributed by atoms with Crippen LogP contribution in [0.2, 0.25) is 0 Å². The second kappa shape index (κ2) is 13.0. The van der Waals surface area contributed by atoms with Crippen LogP contribution in [0.15, 0.2) is 42.1 Å². The zero-order chi connectivity index (χ0) is 27.9. The number of hydrogen-bond donors (Lipinski definition) is 2. The van der Waals surface area contributed by atoms with Crippen LogP contribution in [-0.2, 0) is 24.2 Å². The maximum absolute atomic E-state index is 13.0. The van der Waals surface area contributed by atoms with E-state index in [-0.39, 0.29) is 23.5 Å². The first kappa shape index (κ1) is 28.4. The van der Waals surface area contributed by atoms with Gasteiger partial charge in [-0.1, -0.05) is 31.7 Å². The van der Waals surface area contributed by atoms with E-state index in [0.717, 1.165) is 31.2 Å². The van der Waals surface area contributed by atoms with Gasteiger partial charge in [-0.05, 0) is 61.4 Å². The van der Waals surface area contributed by atoms with Gasteiger partial charge in [0.1, 0.15) is 16.8 Å². The summed E-state index contributed by atoms with van der Waals surface area (Å²) in [5.41, 5.74) is 2.19. The summed E-state index contributed by atoms with van der Waals surface area (Å²) in [4.78, 5) is 27.1. The molecule has 2 amide bonds. The first-order chi connectivity index (χ1) is 18.9. The minimum atomic E-state index is -0.411. The Kier molecular flexibility index (Phi) is 9.43. The molecule has 0 fully saturated rings. The molecule has 1 aromatic carbocycles. The van der Waals surface area contributed by atoms with Gasteiger partial charge in [0.25, 0.3) is 5.91 Å². The molecule has 0 saturated carbocycles. The van der Waals surface area contributed by atoms with Crippen molar-refractivity contribution in [3.63, 3.8) is 0 Å². The van der Waals surface area contributed by atoms with Crippen molar-refractivity contribution in [2.45, 2.75) is 57.3 Å². The van der Waals surface area contributed by atoms with Gasteiger partial charge in [0.05, 0.1) is 24.5 Å². The average molecular weight is 565 g/mol. The molecule has 1 aliphatic carbocycles. The molecule has 2 N–H and O–H groups in total. The van der Waals surface area contributed by atoms with E-state index in [4.69, 9.17) is 4.74 Å². The van der Waals surface area contributed by atoms with Crippen LogP contribution in [0.25, 0.3) is 0 Å². The highest BCUT2D eigenvalue weighted by Crippen LogP contribution is 2.37. The number of thiophene rings is 1. The summed E-state index contributed by atoms with van der Waals surface area (Å²) in [6, 6.07) is 8.77. The Morgan fingerprint density at radius 3 is 2.67 bits per heavy atom. The molecule has 3 aromatic rings. The molecule has 2 aromatic heterocycles. The van der Waals surface area contributed by atoms with Crippen LogP contribution < -0.4 is 15.4 Å². The third-order valence-corrected chi connectivity index (χ3v) is 8.68. The molecule has 39 heavy (non-hydrogen) atoms. The van der Waals surface area contributed by atoms with Gasteiger partial charge in [-0.25, -0.2) is 0 Å². The summed E-state index contributed by atoms with van der Waals surface area (Å²) in [6.45, 7) is 8.28. The molecule has 0 unspecified atom stereocenters. The lowest BCUT2D eigenvalue weighted by Crippen LogP contribution is -2.33. The molecule has 4 rings (SSSR count). The van der Waals surface area contributed by atoms with E-state index in [1.807, 2.05) is 18.4 Å². The lowest BCUT2D eigenvalue weighted by atomic mass is 9.96. The van der Waals surface area contributed by atoms with E-state index in [0.29, 0.717) is 39.4 Å². The van der Waals surface area contributed by atoms with Gasteiger partial charge in [0.2, 0.25) is 5.91 Å². The number of allylic oxidation sites excluding steroid dienone is 1. The molecule has 0 aliphatic heterocycles. The maximum atomic E-state index is 13.0. The third-order valence-electron chi connectivity index (χ3n) is 6.51. The number of nitriles is 1. The van der Waals surface area contributed by atoms with Crippen LogP contribution in [0.3, 0.4) is 0 Å². The normalized spacial score (nSPS) is 13.3. The summed E-state index contributed by atoms with van der Waals surface area (Å²) in [5.74, 6) is 0.949. The molecule has 2 heterocycles. The van der Waals surface area contributed by atoms with Gasteiger partial charge in [-0.15, -0.1) is 28.1 Å². The minimum absolute atomic E-state index is 0.0235. The molecule has 1 atom stereocenters. The summed E-state index contributed by atoms with van der Waals surface area (Å²) in [7, 11) is 1.58. The van der Waals surface area contributed by atoms with Crippen LogP contribution >= 0.6 is 23.1 Å². The van der Waals surface area contributed by atoms with Crippen LogP contribution in [-0.4, -0.2) is 39.4 Å². The smallest absolute Gasteiger partial charge is 0.251 e. The SMILES string of the molecule is C=CCn1c(SCC(=O)Nc2sc3c(c2C#N)CCCC3)nnc1[C@@H](NC(=O)c1ccc(OC)cc1)C(C)C. The van der Waals surface area contributed by atoms with Gasteiger partial charge >= 0.3 is 0 Å². The van der Waals surface area contributed by atoms with Crippen molar-refractivity contribution in [1.82, 2.24) is 20.1 Å². The highest BCUT2D eigenvalue weighted by molar-refractivity contribution is 7.99. The van der Waals surface area contributed by atoms with Crippen LogP contribution in [0.4, 0.5) is 5.00 Å². The number of methoxy groups -OCH3 is 1. The second-order valence-corrected chi connectivity index (χ2v) is 11.6. The molecule has 0 bridgehead atoms. The Labute approximate surface area is 236 Å². The van der Waals surface area contributed by atoms with Crippen molar-refractivity contribution in [2.75, 3.05) is 18.2 Å². The van der Waals surface area contributed by atoms with Crippen LogP contribution in [0.5, 0.6) is 5.75 Å². The number of anilines is 1. The quantitative estimate of drug-likeness (QED) is 0.244. The topological polar surface area (TPSA) is 122 Å². The number of nitrogens with one attached hydrogen (secondary N) is 2. The van der Waals surface area contributed by atoms with Crippen molar-refractivity contribution < 1.29 is 14.3 Å². The number of hydrogen-bond acceptors (Lipinski definition) is 8. The Balaban J connectivity index is 1.47. The summed E-state index contributed by atoms with van der Waals surface area (Å²) in [6.07, 6.45) is 5.76. The number of ether oxygens (including phenoxy) is 1. The van der Waals surface area contributed by atoms with E-state index in [9.17, 15) is 14.9 Å². The summed E-state index contributed by atoms with van der Waals surface area (Å²) < 4.78 is 7.05. The van der Waals surface area contributed by atoms with Crippen molar-refractivity contribution in [1.29, 1.82) is 5.26 Å². The summed E-state index contributed by atoms with van der Waals surface area (Å²) in [5, 5.41) is 25.6. The summed E-state index contributed by atoms with van der Waals surface area (Å²) >= 11 is 2.76. The largest absolute Gasteiger partial charge is 0.497 e. The Hall–Kier alpha value is -3.62. The lowest BCUT2D eigenvalue weighted by Gasteiger charge is -2.22. The standard InChI is InChI=1S/C28H32N6O3S2/c1-5-14-34-25(24(17(2)3)31-26(36)18-10-12-19(37-4)13-11-18)32-33-28(34)38-16-23(35)30-27-21(15-29)20-8-6-7-9-22(20)39-27/h5,10-13,17,24H,1,6-9,14,16H2,2-4H3,(H,30,35)(H,31,36)/t24-/m0/s1. The number of nitrogens with zero attached hydrogens (tertiary/aromatic N) is 4. The number of rotatable bonds is 11. The zero-order valence-electron chi connectivity index (χ0n) is 22.3. The number of thioether (sulfide) groups is 1. The van der Waals surface area contributed by atoms with E-state index < -0.39 is 6.04 Å². The van der Waals surface area contributed by atoms with Crippen molar-refractivity contribution in [2.24, 2.45) is 5.92 Å². The van der Waals surface area contributed by atoms with Gasteiger partial charge < -0.3 is 19.9 Å². The molecule has 0 radical (unpaired) electrons. The highest BCUT2D eigenvalue weighted by Gasteiger charge is 2.27. The Morgan fingerprint density at radius 2 is 2.00 bits per heavy atom. The predicted molar refractivity (Wildman–Crippen MR) is 153 cm³/mol. The minimum Gasteiger partial charge on any atom is -0.497 e. The molecule has 1 aliphatic rings. The lowest BCUT2D eigenvalue weighted by molar-refractivity contribution is -0.113. The molecular weight excluding hydrogens is 532 g/mol. The van der Waals surface area contributed by atoms with E-state index >= 15 is 0 Å². The van der Waals surface area contributed by atoms with Crippen LogP contribution in [0.1, 0.15) is 64.9 Å². The number of fused-ring (bicyclic) bond motifs is 1. The number of aryl methyl sites for hydroxylation is 1. The van der Waals surface area contributed by atoms with Gasteiger partial charge in [-0.3, -0.25) is 9.59 Å². The predicted octanol–water partition coefficient (Wildman–Crippen LogP) is 5.14. The van der Waals surface area contributed by atoms with Gasteiger partial charge in [-0.2, -0.15) is 5.26 Å². The molecule has 0 saturated heterocycles. The fourth-order valence-electron chi connectivity index (χ4n) is 4.50. The van der Waals surface area contributed by atoms with E-state index in [1.165, 1.54) is 28.0 Å². The number of carbonyl (C=O) groups is 2. The molecule has 11 heteroatoms. The van der Waals surface area contributed by atoms with Crippen molar-refractivity contribution in [3.8, 4) is 11.8 Å². The zero-order valence-corrected chi connectivity index (χ0v) is 24.0. The number of aromatic nitrogens is 3. The maximum Gasteiger partial charge on any atom is 0.251 e. The fourth-order valence-corrected chi connectivity index (χ4v) is 6.51. The first-order valence-corrected chi connectivity index (χ1v) is 14.6.